The molecule has 6 aromatic rings. The molecule has 2 atom stereocenters. The minimum absolute atomic E-state index is 0.0209. The summed E-state index contributed by atoms with van der Waals surface area (Å²) in [5.41, 5.74) is 5.31. The van der Waals surface area contributed by atoms with Crippen molar-refractivity contribution < 1.29 is 66.9 Å². The van der Waals surface area contributed by atoms with Crippen LogP contribution in [-0.2, 0) is 87.2 Å². The third-order valence-corrected chi connectivity index (χ3v) is 15.1. The highest BCUT2D eigenvalue weighted by Gasteiger charge is 2.32. The number of hydrogen-bond donors (Lipinski definition) is 8. The Hall–Kier alpha value is -11.4. The standard InChI is InChI=1S/C70H78N12O14/c83-59(75-57-27-17-39-81(63(57)87)43-61(85)71-41-49-31-35-55(36-32-49)73-65(77-67(89)93-45-51-19-7-3-8-20-51)78-68(90)94-46-52-21-9-4-10-22-52)29-15-1-2-16-30-60(84)76-58-28-18-40-82(64(58)88)44-62(86)72-42-50-33-37-56(38-34-50)74-66(79-69(91)95-47-53-23-11-5-12-24-53)80-70(92)96-48-54-25-13-6-14-26-54/h3-14,19-26,31-38,57-58H,1-2,15-18,27-30,39-48H2,(H,71,85)(H,72,86)(H,75,83)(H,76,84)(H2,73,77,78,89,90)(H2,74,79,80,91,92). The lowest BCUT2D eigenvalue weighted by Gasteiger charge is -2.32. The van der Waals surface area contributed by atoms with E-state index in [4.69, 9.17) is 18.9 Å². The van der Waals surface area contributed by atoms with E-state index in [9.17, 15) is 47.9 Å². The first kappa shape index (κ1) is 70.4. The van der Waals surface area contributed by atoms with E-state index in [2.05, 4.69) is 52.5 Å². The highest BCUT2D eigenvalue weighted by molar-refractivity contribution is 6.07. The molecular weight excluding hydrogens is 1230 g/mol. The molecular formula is C70H78N12O14. The van der Waals surface area contributed by atoms with Gasteiger partial charge in [-0.1, -0.05) is 158 Å². The lowest BCUT2D eigenvalue weighted by Crippen LogP contribution is -2.54. The van der Waals surface area contributed by atoms with Crippen LogP contribution in [0.5, 0.6) is 0 Å². The van der Waals surface area contributed by atoms with Gasteiger partial charge in [0.25, 0.3) is 0 Å². The molecule has 10 amide bonds. The van der Waals surface area contributed by atoms with Crippen molar-refractivity contribution in [1.29, 1.82) is 0 Å². The van der Waals surface area contributed by atoms with Crippen LogP contribution in [0.25, 0.3) is 0 Å². The molecule has 502 valence electrons. The molecule has 6 aromatic carbocycles. The van der Waals surface area contributed by atoms with Crippen molar-refractivity contribution in [3.8, 4) is 0 Å². The molecule has 8 N–H and O–H groups in total. The van der Waals surface area contributed by atoms with Crippen molar-refractivity contribution in [3.05, 3.63) is 203 Å². The van der Waals surface area contributed by atoms with Crippen LogP contribution < -0.4 is 42.5 Å². The zero-order valence-electron chi connectivity index (χ0n) is 53.0. The molecule has 2 aliphatic heterocycles. The van der Waals surface area contributed by atoms with Gasteiger partial charge in [0.15, 0.2) is 0 Å². The van der Waals surface area contributed by atoms with Gasteiger partial charge in [-0.25, -0.2) is 19.2 Å². The number of piperidine rings is 2. The third kappa shape index (κ3) is 25.2. The highest BCUT2D eigenvalue weighted by atomic mass is 16.6. The predicted octanol–water partition coefficient (Wildman–Crippen LogP) is 8.24. The lowest BCUT2D eigenvalue weighted by atomic mass is 10.0. The smallest absolute Gasteiger partial charge is 0.437 e. The van der Waals surface area contributed by atoms with Crippen molar-refractivity contribution in [1.82, 2.24) is 41.7 Å². The SMILES string of the molecule is O=C(CN1CCCC(NC(=O)CCCCCCC(=O)NC2CCCN(CC(=O)NCc3ccc(N/C(=N/C(=O)OCc4ccccc4)NC(=O)OCc4ccccc4)cc3)C2=O)C1=O)NCc1ccc(N/C(=N/C(=O)OCc2ccccc2)NC(=O)OCc2ccccc2)cc1. The Kier molecular flexibility index (Phi) is 27.8. The van der Waals surface area contributed by atoms with Crippen LogP contribution in [0.15, 0.2) is 180 Å². The van der Waals surface area contributed by atoms with E-state index < -0.39 is 48.3 Å². The number of unbranched alkanes of at least 4 members (excludes halogenated alkanes) is 3. The number of aliphatic imine (C=N–C) groups is 2. The minimum atomic E-state index is -0.958. The normalized spacial score (nSPS) is 14.6. The Bertz CT molecular complexity index is 3400. The summed E-state index contributed by atoms with van der Waals surface area (Å²) in [5.74, 6) is -2.56. The number of nitrogens with one attached hydrogen (secondary N) is 8. The van der Waals surface area contributed by atoms with Gasteiger partial charge in [-0.15, -0.1) is 9.98 Å². The van der Waals surface area contributed by atoms with Gasteiger partial charge < -0.3 is 60.6 Å². The number of carbonyl (C=O) groups is 10. The van der Waals surface area contributed by atoms with E-state index in [-0.39, 0.29) is 101 Å². The Morgan fingerprint density at radius 1 is 0.396 bits per heavy atom. The van der Waals surface area contributed by atoms with Crippen molar-refractivity contribution in [3.63, 3.8) is 0 Å². The van der Waals surface area contributed by atoms with Crippen LogP contribution in [0.2, 0.25) is 0 Å². The maximum Gasteiger partial charge on any atom is 0.437 e. The molecule has 26 nitrogen and oxygen atoms in total. The number of rotatable bonds is 27. The topological polar surface area (TPSA) is 335 Å². The molecule has 0 spiro atoms. The molecule has 2 fully saturated rings. The fourth-order valence-corrected chi connectivity index (χ4v) is 10.0. The van der Waals surface area contributed by atoms with Crippen molar-refractivity contribution in [2.45, 2.75) is 116 Å². The van der Waals surface area contributed by atoms with Gasteiger partial charge >= 0.3 is 24.4 Å². The predicted molar refractivity (Wildman–Crippen MR) is 355 cm³/mol. The van der Waals surface area contributed by atoms with Crippen LogP contribution in [-0.4, -0.2) is 120 Å². The van der Waals surface area contributed by atoms with Gasteiger partial charge in [-0.3, -0.25) is 39.4 Å². The number of carbonyl (C=O) groups excluding carboxylic acids is 10. The quantitative estimate of drug-likeness (QED) is 0.0104. The van der Waals surface area contributed by atoms with Crippen LogP contribution >= 0.6 is 0 Å². The maximum atomic E-state index is 13.4. The van der Waals surface area contributed by atoms with E-state index >= 15 is 0 Å². The average molecular weight is 1310 g/mol. The molecule has 26 heteroatoms. The summed E-state index contributed by atoms with van der Waals surface area (Å²) in [7, 11) is 0. The molecule has 2 saturated heterocycles. The number of amides is 10. The summed E-state index contributed by atoms with van der Waals surface area (Å²) < 4.78 is 21.2. The van der Waals surface area contributed by atoms with Gasteiger partial charge in [0.05, 0.1) is 13.1 Å². The Labute approximate surface area is 555 Å². The molecule has 2 aliphatic rings. The van der Waals surface area contributed by atoms with Crippen molar-refractivity contribution in [2.75, 3.05) is 36.8 Å². The van der Waals surface area contributed by atoms with Crippen LogP contribution in [0, 0.1) is 0 Å². The molecule has 2 heterocycles. The summed E-state index contributed by atoms with van der Waals surface area (Å²) in [4.78, 5) is 140. The molecule has 0 radical (unpaired) electrons. The first-order valence-corrected chi connectivity index (χ1v) is 31.6. The Morgan fingerprint density at radius 2 is 0.729 bits per heavy atom. The molecule has 0 aromatic heterocycles. The monoisotopic (exact) mass is 1310 g/mol. The number of anilines is 2. The summed E-state index contributed by atoms with van der Waals surface area (Å²) >= 11 is 0. The lowest BCUT2D eigenvalue weighted by molar-refractivity contribution is -0.141. The maximum absolute atomic E-state index is 13.4. The van der Waals surface area contributed by atoms with E-state index in [1.54, 1.807) is 121 Å². The summed E-state index contributed by atoms with van der Waals surface area (Å²) in [6.07, 6.45) is 1.09. The van der Waals surface area contributed by atoms with Gasteiger partial charge in [-0.05, 0) is 96.2 Å². The van der Waals surface area contributed by atoms with Gasteiger partial charge in [0.2, 0.25) is 47.4 Å². The zero-order valence-corrected chi connectivity index (χ0v) is 53.0. The fraction of sp³-hybridized carbons (Fsp3) is 0.314. The Balaban J connectivity index is 0.683. The molecule has 0 saturated carbocycles. The fourth-order valence-electron chi connectivity index (χ4n) is 10.0. The van der Waals surface area contributed by atoms with E-state index in [1.165, 1.54) is 9.80 Å². The Morgan fingerprint density at radius 3 is 1.07 bits per heavy atom. The largest absolute Gasteiger partial charge is 0.444 e. The van der Waals surface area contributed by atoms with E-state index in [0.29, 0.717) is 87.0 Å². The third-order valence-electron chi connectivity index (χ3n) is 15.1. The van der Waals surface area contributed by atoms with Crippen molar-refractivity contribution >= 4 is 83.1 Å². The molecule has 96 heavy (non-hydrogen) atoms. The second-order valence-electron chi connectivity index (χ2n) is 22.5. The first-order chi connectivity index (χ1) is 46.7. The van der Waals surface area contributed by atoms with Crippen molar-refractivity contribution in [2.24, 2.45) is 9.98 Å². The number of alkyl carbamates (subject to hydrolysis) is 2. The number of likely N-dealkylation sites (tertiary alicyclic amines) is 2. The highest BCUT2D eigenvalue weighted by Crippen LogP contribution is 2.17. The minimum Gasteiger partial charge on any atom is -0.444 e. The van der Waals surface area contributed by atoms with E-state index in [1.807, 2.05) is 48.5 Å². The number of nitrogens with zero attached hydrogens (tertiary/aromatic N) is 4. The molecule has 0 aliphatic carbocycles. The number of ether oxygens (including phenoxy) is 4. The number of hydrogen-bond acceptors (Lipinski definition) is 14. The van der Waals surface area contributed by atoms with Gasteiger partial charge in [0, 0.05) is 50.4 Å². The van der Waals surface area contributed by atoms with Crippen LogP contribution in [0.3, 0.4) is 0 Å². The first-order valence-electron chi connectivity index (χ1n) is 31.6. The molecule has 8 rings (SSSR count). The van der Waals surface area contributed by atoms with Crippen LogP contribution in [0.1, 0.15) is 97.6 Å². The molecule has 2 unspecified atom stereocenters. The average Bonchev–Trinajstić information content (AvgIpc) is 2.11. The zero-order chi connectivity index (χ0) is 67.7. The number of benzene rings is 6. The summed E-state index contributed by atoms with van der Waals surface area (Å²) in [5, 5.41) is 22.0. The molecule has 0 bridgehead atoms. The second-order valence-corrected chi connectivity index (χ2v) is 22.5. The summed E-state index contributed by atoms with van der Waals surface area (Å²) in [6, 6.07) is 48.1. The van der Waals surface area contributed by atoms with E-state index in [0.717, 1.165) is 22.3 Å². The van der Waals surface area contributed by atoms with Gasteiger partial charge in [0.1, 0.15) is 38.5 Å². The summed E-state index contributed by atoms with van der Waals surface area (Å²) in [6.45, 7) is 0.442. The number of guanidine groups is 2. The van der Waals surface area contributed by atoms with Crippen LogP contribution in [0.4, 0.5) is 30.6 Å². The van der Waals surface area contributed by atoms with Gasteiger partial charge in [-0.2, -0.15) is 0 Å². The second kappa shape index (κ2) is 37.9.